The van der Waals surface area contributed by atoms with Gasteiger partial charge in [0.2, 0.25) is 5.91 Å². The van der Waals surface area contributed by atoms with Crippen molar-refractivity contribution in [2.24, 2.45) is 0 Å². The second kappa shape index (κ2) is 7.54. The highest BCUT2D eigenvalue weighted by molar-refractivity contribution is 6.22. The highest BCUT2D eigenvalue weighted by Crippen LogP contribution is 2.24. The molecule has 7 nitrogen and oxygen atoms in total. The molecular weight excluding hydrogens is 355 g/mol. The van der Waals surface area contributed by atoms with Crippen molar-refractivity contribution in [3.05, 3.63) is 35.4 Å². The number of hydrogen-bond donors (Lipinski definition) is 2. The van der Waals surface area contributed by atoms with Crippen LogP contribution in [0, 0.1) is 0 Å². The first-order valence-electron chi connectivity index (χ1n) is 7.74. The standard InChI is InChI=1S/C16H16F3N3O4/c1-9(12(23)20-7-4-8-21-15(26)16(17,18)19)22-13(24)10-5-2-3-6-11(10)14(22)25/h2-3,5-6,9H,4,7-8H2,1H3,(H,20,23)(H,21,26). The summed E-state index contributed by atoms with van der Waals surface area (Å²) in [6.07, 6.45) is -4.90. The summed E-state index contributed by atoms with van der Waals surface area (Å²) in [5, 5.41) is 4.09. The first-order chi connectivity index (χ1) is 12.1. The number of rotatable bonds is 6. The number of halogens is 3. The molecule has 0 saturated heterocycles. The van der Waals surface area contributed by atoms with Gasteiger partial charge in [-0.25, -0.2) is 0 Å². The number of nitrogens with one attached hydrogen (secondary N) is 2. The van der Waals surface area contributed by atoms with E-state index in [9.17, 15) is 32.3 Å². The monoisotopic (exact) mass is 371 g/mol. The van der Waals surface area contributed by atoms with Crippen molar-refractivity contribution in [3.63, 3.8) is 0 Å². The van der Waals surface area contributed by atoms with Crippen molar-refractivity contribution in [1.29, 1.82) is 0 Å². The van der Waals surface area contributed by atoms with Crippen LogP contribution < -0.4 is 10.6 Å². The molecule has 2 rings (SSSR count). The molecule has 140 valence electrons. The number of hydrogen-bond acceptors (Lipinski definition) is 4. The van der Waals surface area contributed by atoms with Gasteiger partial charge in [0.15, 0.2) is 0 Å². The highest BCUT2D eigenvalue weighted by Gasteiger charge is 2.40. The molecule has 26 heavy (non-hydrogen) atoms. The van der Waals surface area contributed by atoms with Crippen molar-refractivity contribution in [2.45, 2.75) is 25.6 Å². The van der Waals surface area contributed by atoms with Crippen LogP contribution in [0.1, 0.15) is 34.1 Å². The van der Waals surface area contributed by atoms with Crippen LogP contribution in [0.3, 0.4) is 0 Å². The lowest BCUT2D eigenvalue weighted by Crippen LogP contribution is -2.48. The van der Waals surface area contributed by atoms with E-state index < -0.39 is 35.8 Å². The number of fused-ring (bicyclic) bond motifs is 1. The van der Waals surface area contributed by atoms with Crippen molar-refractivity contribution in [3.8, 4) is 0 Å². The molecular formula is C16H16F3N3O4. The molecule has 2 N–H and O–H groups in total. The summed E-state index contributed by atoms with van der Waals surface area (Å²) in [6.45, 7) is 1.08. The number of amides is 4. The van der Waals surface area contributed by atoms with Crippen LogP contribution in [0.5, 0.6) is 0 Å². The van der Waals surface area contributed by atoms with Gasteiger partial charge < -0.3 is 10.6 Å². The molecule has 1 heterocycles. The van der Waals surface area contributed by atoms with E-state index in [1.165, 1.54) is 19.1 Å². The molecule has 0 aliphatic carbocycles. The molecule has 1 aromatic rings. The normalized spacial score (nSPS) is 14.8. The molecule has 1 aliphatic rings. The molecule has 1 unspecified atom stereocenters. The lowest BCUT2D eigenvalue weighted by atomic mass is 10.1. The number of benzene rings is 1. The molecule has 1 atom stereocenters. The molecule has 0 radical (unpaired) electrons. The third-order valence-corrected chi connectivity index (χ3v) is 3.79. The van der Waals surface area contributed by atoms with Gasteiger partial charge in [-0.2, -0.15) is 13.2 Å². The van der Waals surface area contributed by atoms with Crippen molar-refractivity contribution in [1.82, 2.24) is 15.5 Å². The number of carbonyl (C=O) groups is 4. The predicted molar refractivity (Wildman–Crippen MR) is 83.1 cm³/mol. The Hall–Kier alpha value is -2.91. The van der Waals surface area contributed by atoms with E-state index in [4.69, 9.17) is 0 Å². The summed E-state index contributed by atoms with van der Waals surface area (Å²) in [7, 11) is 0. The minimum atomic E-state index is -4.96. The van der Waals surface area contributed by atoms with Gasteiger partial charge in [-0.3, -0.25) is 24.1 Å². The van der Waals surface area contributed by atoms with Crippen LogP contribution in [0.2, 0.25) is 0 Å². The van der Waals surface area contributed by atoms with E-state index in [1.54, 1.807) is 17.4 Å². The zero-order valence-corrected chi connectivity index (χ0v) is 13.7. The van der Waals surface area contributed by atoms with Gasteiger partial charge in [-0.15, -0.1) is 0 Å². The average molecular weight is 371 g/mol. The molecule has 1 aromatic carbocycles. The maximum absolute atomic E-state index is 12.3. The second-order valence-corrected chi connectivity index (χ2v) is 5.60. The minimum Gasteiger partial charge on any atom is -0.354 e. The van der Waals surface area contributed by atoms with E-state index in [0.717, 1.165) is 4.90 Å². The largest absolute Gasteiger partial charge is 0.471 e. The zero-order chi connectivity index (χ0) is 19.5. The van der Waals surface area contributed by atoms with Crippen LogP contribution in [-0.2, 0) is 9.59 Å². The van der Waals surface area contributed by atoms with Crippen molar-refractivity contribution < 1.29 is 32.3 Å². The highest BCUT2D eigenvalue weighted by atomic mass is 19.4. The molecule has 0 bridgehead atoms. The number of alkyl halides is 3. The Labute approximate surface area is 146 Å². The number of nitrogens with zero attached hydrogens (tertiary/aromatic N) is 1. The van der Waals surface area contributed by atoms with Crippen LogP contribution in [0.4, 0.5) is 13.2 Å². The fraction of sp³-hybridized carbons (Fsp3) is 0.375. The Bertz CT molecular complexity index is 714. The zero-order valence-electron chi connectivity index (χ0n) is 13.7. The van der Waals surface area contributed by atoms with Crippen molar-refractivity contribution in [2.75, 3.05) is 13.1 Å². The summed E-state index contributed by atoms with van der Waals surface area (Å²) in [5.41, 5.74) is 0.430. The van der Waals surface area contributed by atoms with Crippen molar-refractivity contribution >= 4 is 23.6 Å². The summed E-state index contributed by atoms with van der Waals surface area (Å²) in [6, 6.07) is 5.11. The third-order valence-electron chi connectivity index (χ3n) is 3.79. The summed E-state index contributed by atoms with van der Waals surface area (Å²) >= 11 is 0. The third kappa shape index (κ3) is 4.01. The predicted octanol–water partition coefficient (Wildman–Crippen LogP) is 0.856. The quantitative estimate of drug-likeness (QED) is 0.573. The summed E-state index contributed by atoms with van der Waals surface area (Å²) in [5.74, 6) is -3.83. The Kier molecular flexibility index (Phi) is 5.63. The van der Waals surface area contributed by atoms with E-state index >= 15 is 0 Å². The fourth-order valence-electron chi connectivity index (χ4n) is 2.43. The van der Waals surface area contributed by atoms with Gasteiger partial charge in [0.25, 0.3) is 11.8 Å². The molecule has 4 amide bonds. The SMILES string of the molecule is CC(C(=O)NCCCNC(=O)C(F)(F)F)N1C(=O)c2ccccc2C1=O. The Morgan fingerprint density at radius 3 is 2.04 bits per heavy atom. The van der Waals surface area contributed by atoms with Gasteiger partial charge in [-0.1, -0.05) is 12.1 Å². The lowest BCUT2D eigenvalue weighted by Gasteiger charge is -2.21. The summed E-state index contributed by atoms with van der Waals surface area (Å²) < 4.78 is 36.0. The van der Waals surface area contributed by atoms with Gasteiger partial charge >= 0.3 is 12.1 Å². The van der Waals surface area contributed by atoms with E-state index in [-0.39, 0.29) is 30.6 Å². The van der Waals surface area contributed by atoms with Gasteiger partial charge in [0.1, 0.15) is 6.04 Å². The molecule has 10 heteroatoms. The lowest BCUT2D eigenvalue weighted by molar-refractivity contribution is -0.173. The smallest absolute Gasteiger partial charge is 0.354 e. The van der Waals surface area contributed by atoms with E-state index in [2.05, 4.69) is 5.32 Å². The Balaban J connectivity index is 1.83. The molecule has 0 saturated carbocycles. The maximum Gasteiger partial charge on any atom is 0.471 e. The second-order valence-electron chi connectivity index (χ2n) is 5.60. The maximum atomic E-state index is 12.3. The summed E-state index contributed by atoms with van der Waals surface area (Å²) in [4.78, 5) is 48.1. The fourth-order valence-corrected chi connectivity index (χ4v) is 2.43. The number of imide groups is 1. The van der Waals surface area contributed by atoms with Crippen LogP contribution in [0.15, 0.2) is 24.3 Å². The topological polar surface area (TPSA) is 95.6 Å². The molecule has 0 spiro atoms. The number of carbonyl (C=O) groups excluding carboxylic acids is 4. The Morgan fingerprint density at radius 1 is 1.04 bits per heavy atom. The van der Waals surface area contributed by atoms with Crippen LogP contribution in [-0.4, -0.2) is 53.8 Å². The Morgan fingerprint density at radius 2 is 1.54 bits per heavy atom. The van der Waals surface area contributed by atoms with Gasteiger partial charge in [0, 0.05) is 13.1 Å². The minimum absolute atomic E-state index is 0.0233. The van der Waals surface area contributed by atoms with E-state index in [1.807, 2.05) is 0 Å². The van der Waals surface area contributed by atoms with E-state index in [0.29, 0.717) is 0 Å². The molecule has 1 aliphatic heterocycles. The molecule has 0 aromatic heterocycles. The first-order valence-corrected chi connectivity index (χ1v) is 7.74. The van der Waals surface area contributed by atoms with Crippen LogP contribution >= 0.6 is 0 Å². The van der Waals surface area contributed by atoms with Gasteiger partial charge in [0.05, 0.1) is 11.1 Å². The van der Waals surface area contributed by atoms with Crippen LogP contribution in [0.25, 0.3) is 0 Å². The molecule has 0 fully saturated rings. The average Bonchev–Trinajstić information content (AvgIpc) is 2.84. The van der Waals surface area contributed by atoms with Gasteiger partial charge in [-0.05, 0) is 25.5 Å². The first kappa shape index (κ1) is 19.4.